The second kappa shape index (κ2) is 5.81. The van der Waals surface area contributed by atoms with Crippen LogP contribution in [0.5, 0.6) is 0 Å². The van der Waals surface area contributed by atoms with E-state index in [1.54, 1.807) is 16.4 Å². The monoisotopic (exact) mass is 302 g/mol. The standard InChI is InChI=1S/C15H18N4OS/c1-10-14-6-11(7-17-15(14)19(2)18-10)16-8-12-4-5-13(20-12)9-21-3/h4-7,16H,8-9H2,1-3H3. The average Bonchev–Trinajstić information content (AvgIpc) is 3.03. The van der Waals surface area contributed by atoms with Crippen molar-refractivity contribution in [3.8, 4) is 0 Å². The molecule has 6 heteroatoms. The predicted molar refractivity (Wildman–Crippen MR) is 86.5 cm³/mol. The highest BCUT2D eigenvalue weighted by atomic mass is 32.2. The molecule has 21 heavy (non-hydrogen) atoms. The van der Waals surface area contributed by atoms with Gasteiger partial charge in [-0.25, -0.2) is 4.98 Å². The summed E-state index contributed by atoms with van der Waals surface area (Å²) in [7, 11) is 1.91. The van der Waals surface area contributed by atoms with Crippen molar-refractivity contribution in [1.29, 1.82) is 0 Å². The van der Waals surface area contributed by atoms with Crippen LogP contribution in [0.25, 0.3) is 11.0 Å². The summed E-state index contributed by atoms with van der Waals surface area (Å²) >= 11 is 1.75. The number of hydrogen-bond acceptors (Lipinski definition) is 5. The fourth-order valence-electron chi connectivity index (χ4n) is 2.33. The Hall–Kier alpha value is -1.95. The molecule has 0 fully saturated rings. The van der Waals surface area contributed by atoms with E-state index in [-0.39, 0.29) is 0 Å². The Labute approximate surface area is 127 Å². The first-order valence-electron chi connectivity index (χ1n) is 6.77. The zero-order valence-corrected chi connectivity index (χ0v) is 13.2. The maximum absolute atomic E-state index is 5.74. The number of rotatable bonds is 5. The van der Waals surface area contributed by atoms with E-state index in [0.29, 0.717) is 6.54 Å². The minimum absolute atomic E-state index is 0.654. The molecular weight excluding hydrogens is 284 g/mol. The normalized spacial score (nSPS) is 11.2. The van der Waals surface area contributed by atoms with Crippen LogP contribution >= 0.6 is 11.8 Å². The molecule has 3 rings (SSSR count). The lowest BCUT2D eigenvalue weighted by Crippen LogP contribution is -1.99. The van der Waals surface area contributed by atoms with Crippen LogP contribution in [0.2, 0.25) is 0 Å². The molecule has 3 heterocycles. The average molecular weight is 302 g/mol. The van der Waals surface area contributed by atoms with Crippen LogP contribution in [-0.4, -0.2) is 21.0 Å². The Kier molecular flexibility index (Phi) is 3.88. The molecule has 0 aliphatic carbocycles. The van der Waals surface area contributed by atoms with E-state index >= 15 is 0 Å². The van der Waals surface area contributed by atoms with Gasteiger partial charge in [0.2, 0.25) is 0 Å². The summed E-state index contributed by atoms with van der Waals surface area (Å²) in [6, 6.07) is 6.12. The van der Waals surface area contributed by atoms with Gasteiger partial charge in [-0.05, 0) is 31.4 Å². The molecule has 110 valence electrons. The van der Waals surface area contributed by atoms with Crippen LogP contribution < -0.4 is 5.32 Å². The summed E-state index contributed by atoms with van der Waals surface area (Å²) < 4.78 is 7.54. The first kappa shape index (κ1) is 14.0. The van der Waals surface area contributed by atoms with Gasteiger partial charge in [-0.2, -0.15) is 16.9 Å². The van der Waals surface area contributed by atoms with E-state index in [1.165, 1.54) is 0 Å². The molecule has 0 amide bonds. The van der Waals surface area contributed by atoms with Crippen molar-refractivity contribution in [2.45, 2.75) is 19.2 Å². The predicted octanol–water partition coefficient (Wildman–Crippen LogP) is 3.34. The molecule has 3 aromatic heterocycles. The smallest absolute Gasteiger partial charge is 0.157 e. The molecule has 1 N–H and O–H groups in total. The number of anilines is 1. The fraction of sp³-hybridized carbons (Fsp3) is 0.333. The Morgan fingerprint density at radius 2 is 2.14 bits per heavy atom. The Morgan fingerprint density at radius 1 is 1.33 bits per heavy atom. The van der Waals surface area contributed by atoms with Crippen LogP contribution in [0.4, 0.5) is 5.69 Å². The van der Waals surface area contributed by atoms with Gasteiger partial charge in [-0.3, -0.25) is 4.68 Å². The van der Waals surface area contributed by atoms with Crippen molar-refractivity contribution < 1.29 is 4.42 Å². The number of aromatic nitrogens is 3. The quantitative estimate of drug-likeness (QED) is 0.783. The zero-order chi connectivity index (χ0) is 14.8. The van der Waals surface area contributed by atoms with Crippen molar-refractivity contribution in [3.63, 3.8) is 0 Å². The molecule has 3 aromatic rings. The van der Waals surface area contributed by atoms with Gasteiger partial charge in [-0.1, -0.05) is 0 Å². The molecule has 0 aromatic carbocycles. The van der Waals surface area contributed by atoms with E-state index in [4.69, 9.17) is 4.42 Å². The summed E-state index contributed by atoms with van der Waals surface area (Å²) in [5.74, 6) is 2.85. The lowest BCUT2D eigenvalue weighted by Gasteiger charge is -2.04. The molecule has 0 spiro atoms. The van der Waals surface area contributed by atoms with Gasteiger partial charge in [0, 0.05) is 12.4 Å². The van der Waals surface area contributed by atoms with Gasteiger partial charge >= 0.3 is 0 Å². The van der Waals surface area contributed by atoms with Crippen LogP contribution in [0.15, 0.2) is 28.8 Å². The largest absolute Gasteiger partial charge is 0.463 e. The second-order valence-corrected chi connectivity index (χ2v) is 5.82. The molecule has 5 nitrogen and oxygen atoms in total. The van der Waals surface area contributed by atoms with Crippen LogP contribution in [0.1, 0.15) is 17.2 Å². The van der Waals surface area contributed by atoms with Crippen molar-refractivity contribution in [1.82, 2.24) is 14.8 Å². The topological polar surface area (TPSA) is 55.9 Å². The third-order valence-corrected chi connectivity index (χ3v) is 3.91. The van der Waals surface area contributed by atoms with Crippen LogP contribution in [0, 0.1) is 6.92 Å². The lowest BCUT2D eigenvalue weighted by molar-refractivity contribution is 0.487. The molecule has 0 unspecified atom stereocenters. The first-order valence-corrected chi connectivity index (χ1v) is 8.16. The SMILES string of the molecule is CSCc1ccc(CNc2cnc3c(c2)c(C)nn3C)o1. The number of aryl methyl sites for hydroxylation is 2. The Bertz CT molecular complexity index is 762. The number of pyridine rings is 1. The van der Waals surface area contributed by atoms with E-state index in [1.807, 2.05) is 32.3 Å². The zero-order valence-electron chi connectivity index (χ0n) is 12.4. The van der Waals surface area contributed by atoms with Crippen molar-refractivity contribution in [2.24, 2.45) is 7.05 Å². The highest BCUT2D eigenvalue weighted by Crippen LogP contribution is 2.20. The minimum atomic E-state index is 0.654. The summed E-state index contributed by atoms with van der Waals surface area (Å²) in [6.45, 7) is 2.65. The summed E-state index contributed by atoms with van der Waals surface area (Å²) in [5, 5.41) is 8.80. The van der Waals surface area contributed by atoms with Gasteiger partial charge in [-0.15, -0.1) is 0 Å². The van der Waals surface area contributed by atoms with Crippen molar-refractivity contribution >= 4 is 28.5 Å². The second-order valence-electron chi connectivity index (χ2n) is 4.96. The highest BCUT2D eigenvalue weighted by molar-refractivity contribution is 7.97. The summed E-state index contributed by atoms with van der Waals surface area (Å²) in [5.41, 5.74) is 2.86. The van der Waals surface area contributed by atoms with Crippen LogP contribution in [0.3, 0.4) is 0 Å². The van der Waals surface area contributed by atoms with Gasteiger partial charge in [0.25, 0.3) is 0 Å². The number of furan rings is 1. The van der Waals surface area contributed by atoms with Crippen molar-refractivity contribution in [3.05, 3.63) is 41.6 Å². The van der Waals surface area contributed by atoms with Crippen molar-refractivity contribution in [2.75, 3.05) is 11.6 Å². The molecule has 0 aliphatic rings. The summed E-state index contributed by atoms with van der Waals surface area (Å²) in [6.07, 6.45) is 3.90. The molecule has 0 radical (unpaired) electrons. The third-order valence-electron chi connectivity index (χ3n) is 3.33. The number of hydrogen-bond donors (Lipinski definition) is 1. The molecular formula is C15H18N4OS. The van der Waals surface area contributed by atoms with Gasteiger partial charge in [0.15, 0.2) is 5.65 Å². The lowest BCUT2D eigenvalue weighted by atomic mass is 10.2. The van der Waals surface area contributed by atoms with Gasteiger partial charge in [0.05, 0.1) is 29.9 Å². The Morgan fingerprint density at radius 3 is 2.95 bits per heavy atom. The molecule has 0 atom stereocenters. The minimum Gasteiger partial charge on any atom is -0.463 e. The molecule has 0 saturated carbocycles. The maximum atomic E-state index is 5.74. The molecule has 0 aliphatic heterocycles. The van der Waals surface area contributed by atoms with E-state index in [0.717, 1.165) is 39.7 Å². The van der Waals surface area contributed by atoms with E-state index < -0.39 is 0 Å². The van der Waals surface area contributed by atoms with Crippen LogP contribution in [-0.2, 0) is 19.3 Å². The highest BCUT2D eigenvalue weighted by Gasteiger charge is 2.07. The fourth-order valence-corrected chi connectivity index (χ4v) is 2.77. The Balaban J connectivity index is 1.73. The molecule has 0 saturated heterocycles. The van der Waals surface area contributed by atoms with E-state index in [9.17, 15) is 0 Å². The number of fused-ring (bicyclic) bond motifs is 1. The maximum Gasteiger partial charge on any atom is 0.157 e. The third kappa shape index (κ3) is 2.90. The van der Waals surface area contributed by atoms with Gasteiger partial charge < -0.3 is 9.73 Å². The molecule has 0 bridgehead atoms. The number of thioether (sulfide) groups is 1. The first-order chi connectivity index (χ1) is 10.2. The summed E-state index contributed by atoms with van der Waals surface area (Å²) in [4.78, 5) is 4.45. The number of nitrogens with zero attached hydrogens (tertiary/aromatic N) is 3. The van der Waals surface area contributed by atoms with E-state index in [2.05, 4.69) is 27.7 Å². The van der Waals surface area contributed by atoms with Gasteiger partial charge in [0.1, 0.15) is 11.5 Å². The number of nitrogens with one attached hydrogen (secondary N) is 1.